The minimum Gasteiger partial charge on any atom is -0.461 e. The zero-order valence-corrected chi connectivity index (χ0v) is 17.5. The standard InChI is InChI=1S/C19H30BN3O6/c1-18(2)19(3,4)29-20(28-18)13-9-21-17(22-10-13)27-12-14-7-5-6-8-23(14)16(26)15(25)11-24/h9-10,14-15,24-25H,5-8,11-12H2,1-4H3/t14-,15+/m0/s1. The lowest BCUT2D eigenvalue weighted by atomic mass is 9.81. The van der Waals surface area contributed by atoms with Crippen molar-refractivity contribution in [3.05, 3.63) is 12.4 Å². The lowest BCUT2D eigenvalue weighted by Crippen LogP contribution is -2.51. The molecule has 1 amide bonds. The summed E-state index contributed by atoms with van der Waals surface area (Å²) in [6, 6.07) is 0.00905. The van der Waals surface area contributed by atoms with E-state index in [1.54, 1.807) is 17.3 Å². The summed E-state index contributed by atoms with van der Waals surface area (Å²) in [5.74, 6) is -0.474. The first kappa shape index (κ1) is 22.0. The van der Waals surface area contributed by atoms with Crippen LogP contribution in [0, 0.1) is 0 Å². The van der Waals surface area contributed by atoms with Crippen LogP contribution < -0.4 is 10.2 Å². The number of rotatable bonds is 6. The number of hydrogen-bond acceptors (Lipinski definition) is 8. The van der Waals surface area contributed by atoms with Gasteiger partial charge in [-0.1, -0.05) is 0 Å². The number of piperidine rings is 1. The third-order valence-electron chi connectivity index (χ3n) is 5.95. The predicted octanol–water partition coefficient (Wildman–Crippen LogP) is -0.111. The fraction of sp³-hybridized carbons (Fsp3) is 0.737. The van der Waals surface area contributed by atoms with Gasteiger partial charge in [0.1, 0.15) is 6.61 Å². The Hall–Kier alpha value is -1.75. The summed E-state index contributed by atoms with van der Waals surface area (Å²) >= 11 is 0. The third-order valence-corrected chi connectivity index (χ3v) is 5.95. The number of aromatic nitrogens is 2. The van der Waals surface area contributed by atoms with E-state index in [2.05, 4.69) is 9.97 Å². The van der Waals surface area contributed by atoms with E-state index in [9.17, 15) is 9.90 Å². The SMILES string of the molecule is CC1(C)OB(c2cnc(OC[C@@H]3CCCCN3C(=O)[C@H](O)CO)nc2)OC1(C)C. The van der Waals surface area contributed by atoms with Gasteiger partial charge in [-0.2, -0.15) is 0 Å². The molecule has 0 spiro atoms. The summed E-state index contributed by atoms with van der Waals surface area (Å²) in [4.78, 5) is 22.3. The molecule has 9 nitrogen and oxygen atoms in total. The Bertz CT molecular complexity index is 698. The first-order valence-corrected chi connectivity index (χ1v) is 10.0. The molecule has 2 fully saturated rings. The first-order valence-electron chi connectivity index (χ1n) is 10.0. The van der Waals surface area contributed by atoms with Crippen molar-refractivity contribution in [1.29, 1.82) is 0 Å². The molecule has 2 N–H and O–H groups in total. The summed E-state index contributed by atoms with van der Waals surface area (Å²) in [6.07, 6.45) is 4.42. The Labute approximate surface area is 171 Å². The molecule has 3 rings (SSSR count). The summed E-state index contributed by atoms with van der Waals surface area (Å²) in [7, 11) is -0.541. The molecule has 10 heteroatoms. The van der Waals surface area contributed by atoms with Crippen molar-refractivity contribution in [2.45, 2.75) is 70.3 Å². The number of carbonyl (C=O) groups is 1. The Morgan fingerprint density at radius 2 is 1.90 bits per heavy atom. The third kappa shape index (κ3) is 4.71. The average molecular weight is 407 g/mol. The minimum atomic E-state index is -1.40. The maximum atomic E-state index is 12.2. The van der Waals surface area contributed by atoms with Gasteiger partial charge in [-0.3, -0.25) is 4.79 Å². The Morgan fingerprint density at radius 1 is 1.28 bits per heavy atom. The first-order chi connectivity index (χ1) is 13.6. The monoisotopic (exact) mass is 407 g/mol. The van der Waals surface area contributed by atoms with Crippen LogP contribution >= 0.6 is 0 Å². The molecule has 2 aliphatic heterocycles. The van der Waals surface area contributed by atoms with Gasteiger partial charge in [0, 0.05) is 24.4 Å². The van der Waals surface area contributed by atoms with Crippen molar-refractivity contribution in [3.63, 3.8) is 0 Å². The molecule has 0 radical (unpaired) electrons. The van der Waals surface area contributed by atoms with Crippen LogP contribution in [0.15, 0.2) is 12.4 Å². The second-order valence-electron chi connectivity index (χ2n) is 8.58. The Kier molecular flexibility index (Phi) is 6.47. The number of carbonyl (C=O) groups excluding carboxylic acids is 1. The number of ether oxygens (including phenoxy) is 1. The molecule has 1 aromatic heterocycles. The fourth-order valence-corrected chi connectivity index (χ4v) is 3.41. The van der Waals surface area contributed by atoms with Crippen LogP contribution in [-0.4, -0.2) is 81.2 Å². The van der Waals surface area contributed by atoms with Crippen LogP contribution in [0.4, 0.5) is 0 Å². The molecule has 160 valence electrons. The molecule has 0 saturated carbocycles. The van der Waals surface area contributed by atoms with E-state index in [1.807, 2.05) is 27.7 Å². The van der Waals surface area contributed by atoms with Crippen LogP contribution in [-0.2, 0) is 14.1 Å². The maximum absolute atomic E-state index is 12.2. The van der Waals surface area contributed by atoms with Crippen LogP contribution in [0.25, 0.3) is 0 Å². The fourth-order valence-electron chi connectivity index (χ4n) is 3.41. The highest BCUT2D eigenvalue weighted by Gasteiger charge is 2.52. The van der Waals surface area contributed by atoms with Gasteiger partial charge in [0.25, 0.3) is 5.91 Å². The summed E-state index contributed by atoms with van der Waals surface area (Å²) in [5, 5.41) is 18.7. The molecule has 0 unspecified atom stereocenters. The van der Waals surface area contributed by atoms with Crippen molar-refractivity contribution < 1.29 is 29.1 Å². The number of aliphatic hydroxyl groups is 2. The molecule has 29 heavy (non-hydrogen) atoms. The van der Waals surface area contributed by atoms with Crippen molar-refractivity contribution in [3.8, 4) is 6.01 Å². The van der Waals surface area contributed by atoms with E-state index in [0.29, 0.717) is 12.0 Å². The normalized spacial score (nSPS) is 24.4. The van der Waals surface area contributed by atoms with E-state index in [0.717, 1.165) is 19.3 Å². The van der Waals surface area contributed by atoms with Gasteiger partial charge in [0.15, 0.2) is 6.10 Å². The van der Waals surface area contributed by atoms with Gasteiger partial charge in [-0.15, -0.1) is 0 Å². The highest BCUT2D eigenvalue weighted by Crippen LogP contribution is 2.36. The number of hydrogen-bond donors (Lipinski definition) is 2. The van der Waals surface area contributed by atoms with Gasteiger partial charge >= 0.3 is 13.1 Å². The van der Waals surface area contributed by atoms with E-state index in [4.69, 9.17) is 19.2 Å². The van der Waals surface area contributed by atoms with Crippen LogP contribution in [0.2, 0.25) is 0 Å². The van der Waals surface area contributed by atoms with Gasteiger partial charge in [0.05, 0.1) is 23.9 Å². The van der Waals surface area contributed by atoms with Crippen molar-refractivity contribution in [2.24, 2.45) is 0 Å². The summed E-state index contributed by atoms with van der Waals surface area (Å²) in [6.45, 7) is 8.09. The zero-order valence-electron chi connectivity index (χ0n) is 17.5. The quantitative estimate of drug-likeness (QED) is 0.628. The Balaban J connectivity index is 1.59. The maximum Gasteiger partial charge on any atom is 0.498 e. The van der Waals surface area contributed by atoms with Gasteiger partial charge in [-0.25, -0.2) is 9.97 Å². The average Bonchev–Trinajstić information content (AvgIpc) is 2.93. The van der Waals surface area contributed by atoms with Crippen molar-refractivity contribution in [2.75, 3.05) is 19.8 Å². The molecular formula is C19H30BN3O6. The van der Waals surface area contributed by atoms with Crippen molar-refractivity contribution in [1.82, 2.24) is 14.9 Å². The lowest BCUT2D eigenvalue weighted by molar-refractivity contribution is -0.146. The van der Waals surface area contributed by atoms with Crippen molar-refractivity contribution >= 4 is 18.5 Å². The number of aliphatic hydroxyl groups excluding tert-OH is 2. The van der Waals surface area contributed by atoms with Crippen LogP contribution in [0.5, 0.6) is 6.01 Å². The molecule has 0 bridgehead atoms. The summed E-state index contributed by atoms with van der Waals surface area (Å²) < 4.78 is 17.7. The molecule has 3 heterocycles. The van der Waals surface area contributed by atoms with Gasteiger partial charge in [-0.05, 0) is 47.0 Å². The largest absolute Gasteiger partial charge is 0.498 e. The molecule has 2 atom stereocenters. The highest BCUT2D eigenvalue weighted by molar-refractivity contribution is 6.61. The zero-order chi connectivity index (χ0) is 21.2. The molecular weight excluding hydrogens is 377 g/mol. The van der Waals surface area contributed by atoms with Crippen LogP contribution in [0.1, 0.15) is 47.0 Å². The van der Waals surface area contributed by atoms with Gasteiger partial charge < -0.3 is 29.2 Å². The van der Waals surface area contributed by atoms with E-state index >= 15 is 0 Å². The van der Waals surface area contributed by atoms with Crippen LogP contribution in [0.3, 0.4) is 0 Å². The number of amides is 1. The molecule has 1 aromatic rings. The van der Waals surface area contributed by atoms with E-state index in [-0.39, 0.29) is 18.7 Å². The Morgan fingerprint density at radius 3 is 2.48 bits per heavy atom. The molecule has 0 aromatic carbocycles. The summed E-state index contributed by atoms with van der Waals surface area (Å²) in [5.41, 5.74) is -0.178. The highest BCUT2D eigenvalue weighted by atomic mass is 16.7. The van der Waals surface area contributed by atoms with Gasteiger partial charge in [0.2, 0.25) is 0 Å². The van der Waals surface area contributed by atoms with E-state index in [1.165, 1.54) is 0 Å². The number of nitrogens with zero attached hydrogens (tertiary/aromatic N) is 3. The predicted molar refractivity (Wildman–Crippen MR) is 106 cm³/mol. The minimum absolute atomic E-state index is 0.191. The smallest absolute Gasteiger partial charge is 0.461 e. The molecule has 2 aliphatic rings. The van der Waals surface area contributed by atoms with E-state index < -0.39 is 36.9 Å². The topological polar surface area (TPSA) is 114 Å². The second kappa shape index (κ2) is 8.55. The molecule has 2 saturated heterocycles. The lowest BCUT2D eigenvalue weighted by Gasteiger charge is -2.36. The number of likely N-dealkylation sites (tertiary alicyclic amines) is 1. The second-order valence-corrected chi connectivity index (χ2v) is 8.58. The molecule has 0 aliphatic carbocycles.